The van der Waals surface area contributed by atoms with Gasteiger partial charge in [-0.1, -0.05) is 48.5 Å². The molecule has 0 radical (unpaired) electrons. The van der Waals surface area contributed by atoms with Crippen LogP contribution in [0.1, 0.15) is 29.8 Å². The highest BCUT2D eigenvalue weighted by Gasteiger charge is 2.58. The molecule has 2 aromatic carbocycles. The fourth-order valence-corrected chi connectivity index (χ4v) is 4.59. The first-order chi connectivity index (χ1) is 16.1. The number of carbonyl (C=O) groups is 1. The van der Waals surface area contributed by atoms with Crippen LogP contribution in [0.5, 0.6) is 0 Å². The van der Waals surface area contributed by atoms with Gasteiger partial charge in [-0.15, -0.1) is 0 Å². The summed E-state index contributed by atoms with van der Waals surface area (Å²) in [4.78, 5) is 12.5. The number of carbonyl (C=O) groups excluding carboxylic acids is 1. The fraction of sp³-hybridized carbons (Fsp3) is 0.458. The third kappa shape index (κ3) is 6.21. The Morgan fingerprint density at radius 3 is 2.32 bits per heavy atom. The fourth-order valence-electron chi connectivity index (χ4n) is 3.98. The van der Waals surface area contributed by atoms with Gasteiger partial charge in [-0.25, -0.2) is 4.79 Å². The molecule has 0 N–H and O–H groups in total. The lowest BCUT2D eigenvalue weighted by Gasteiger charge is -2.30. The van der Waals surface area contributed by atoms with Crippen molar-refractivity contribution in [2.75, 3.05) is 12.9 Å². The van der Waals surface area contributed by atoms with Crippen molar-refractivity contribution in [2.24, 2.45) is 0 Å². The molecule has 0 amide bonds. The monoisotopic (exact) mass is 493 g/mol. The topological polar surface area (TPSA) is 107 Å². The lowest BCUT2D eigenvalue weighted by atomic mass is 10.1. The Hall–Kier alpha value is -2.34. The maximum Gasteiger partial charge on any atom is 0.338 e. The van der Waals surface area contributed by atoms with Gasteiger partial charge in [0.1, 0.15) is 31.0 Å². The summed E-state index contributed by atoms with van der Waals surface area (Å²) in [5, 5.41) is 0. The van der Waals surface area contributed by atoms with Gasteiger partial charge >= 0.3 is 5.97 Å². The van der Waals surface area contributed by atoms with E-state index < -0.39 is 52.6 Å². The molecule has 2 saturated heterocycles. The average molecular weight is 494 g/mol. The second-order valence-electron chi connectivity index (χ2n) is 8.63. The quantitative estimate of drug-likeness (QED) is 0.296. The predicted octanol–water partition coefficient (Wildman–Crippen LogP) is 2.65. The minimum Gasteiger partial charge on any atom is -0.459 e. The Kier molecular flexibility index (Phi) is 7.36. The lowest BCUT2D eigenvalue weighted by Crippen LogP contribution is -2.46. The predicted molar refractivity (Wildman–Crippen MR) is 120 cm³/mol. The molecular formula is C24H28O9S. The molecule has 2 heterocycles. The van der Waals surface area contributed by atoms with E-state index in [4.69, 9.17) is 27.9 Å². The molecule has 0 unspecified atom stereocenters. The first-order valence-electron chi connectivity index (χ1n) is 10.9. The van der Waals surface area contributed by atoms with E-state index >= 15 is 0 Å². The van der Waals surface area contributed by atoms with Gasteiger partial charge in [0.05, 0.1) is 18.4 Å². The summed E-state index contributed by atoms with van der Waals surface area (Å²) >= 11 is 0. The smallest absolute Gasteiger partial charge is 0.338 e. The van der Waals surface area contributed by atoms with Crippen LogP contribution in [0.15, 0.2) is 60.7 Å². The van der Waals surface area contributed by atoms with E-state index in [1.54, 1.807) is 44.2 Å². The van der Waals surface area contributed by atoms with Crippen LogP contribution >= 0.6 is 0 Å². The molecule has 9 nitrogen and oxygen atoms in total. The number of fused-ring (bicyclic) bond motifs is 1. The molecule has 2 aliphatic heterocycles. The number of hydrogen-bond acceptors (Lipinski definition) is 9. The highest BCUT2D eigenvalue weighted by molar-refractivity contribution is 7.86. The summed E-state index contributed by atoms with van der Waals surface area (Å²) in [5.74, 6) is -1.52. The van der Waals surface area contributed by atoms with E-state index in [1.807, 2.05) is 30.3 Å². The molecule has 0 aromatic heterocycles. The first-order valence-corrected chi connectivity index (χ1v) is 12.7. The third-order valence-corrected chi connectivity index (χ3v) is 5.96. The minimum absolute atomic E-state index is 0.230. The Balaban J connectivity index is 1.53. The summed E-state index contributed by atoms with van der Waals surface area (Å²) < 4.78 is 58.7. The number of hydrogen-bond donors (Lipinski definition) is 0. The lowest BCUT2D eigenvalue weighted by molar-refractivity contribution is -0.230. The summed E-state index contributed by atoms with van der Waals surface area (Å²) in [6, 6.07) is 17.9. The summed E-state index contributed by atoms with van der Waals surface area (Å²) in [7, 11) is -3.92. The van der Waals surface area contributed by atoms with Gasteiger partial charge in [-0.05, 0) is 31.5 Å². The van der Waals surface area contributed by atoms with Gasteiger partial charge in [0.25, 0.3) is 10.1 Å². The van der Waals surface area contributed by atoms with Gasteiger partial charge in [0.15, 0.2) is 12.1 Å². The summed E-state index contributed by atoms with van der Waals surface area (Å²) in [5.41, 5.74) is 1.24. The average Bonchev–Trinajstić information content (AvgIpc) is 3.27. The van der Waals surface area contributed by atoms with E-state index in [1.165, 1.54) is 0 Å². The van der Waals surface area contributed by atoms with Crippen LogP contribution < -0.4 is 0 Å². The number of benzene rings is 2. The van der Waals surface area contributed by atoms with E-state index in [9.17, 15) is 13.2 Å². The van der Waals surface area contributed by atoms with Crippen molar-refractivity contribution in [3.63, 3.8) is 0 Å². The van der Waals surface area contributed by atoms with Crippen molar-refractivity contribution in [1.82, 2.24) is 0 Å². The first kappa shape index (κ1) is 24.8. The normalized spacial score (nSPS) is 26.7. The summed E-state index contributed by atoms with van der Waals surface area (Å²) in [6.07, 6.45) is -3.35. The van der Waals surface area contributed by atoms with Crippen LogP contribution in [0.3, 0.4) is 0 Å². The molecule has 5 atom stereocenters. The van der Waals surface area contributed by atoms with Crippen LogP contribution in [-0.2, 0) is 44.6 Å². The van der Waals surface area contributed by atoms with E-state index in [-0.39, 0.29) is 13.2 Å². The van der Waals surface area contributed by atoms with Crippen molar-refractivity contribution < 1.29 is 41.1 Å². The molecule has 0 aliphatic carbocycles. The standard InChI is InChI=1S/C24H28O9S/c1-24(2)31-21-20(28-14-16-10-6-4-7-11-16)19(30-23(21)32-24)18(33-34(3,26)27)15-29-22(25)17-12-8-5-9-13-17/h4-13,18-21,23H,14-15H2,1-3H3/t18-,19-,20-,21+,23+/m0/s1/i15+1. The van der Waals surface area contributed by atoms with Crippen molar-refractivity contribution in [1.29, 1.82) is 0 Å². The minimum atomic E-state index is -3.92. The van der Waals surface area contributed by atoms with Crippen LogP contribution in [0.2, 0.25) is 0 Å². The highest BCUT2D eigenvalue weighted by atomic mass is 32.2. The molecule has 4 rings (SSSR count). The Bertz CT molecular complexity index is 1070. The van der Waals surface area contributed by atoms with Crippen molar-refractivity contribution in [3.05, 3.63) is 71.8 Å². The van der Waals surface area contributed by atoms with E-state index in [0.29, 0.717) is 5.56 Å². The van der Waals surface area contributed by atoms with E-state index in [2.05, 4.69) is 0 Å². The third-order valence-electron chi connectivity index (χ3n) is 5.37. The Morgan fingerprint density at radius 2 is 1.68 bits per heavy atom. The van der Waals surface area contributed by atoms with Crippen molar-refractivity contribution in [3.8, 4) is 0 Å². The number of esters is 1. The van der Waals surface area contributed by atoms with Crippen LogP contribution in [0.4, 0.5) is 0 Å². The number of rotatable bonds is 9. The summed E-state index contributed by atoms with van der Waals surface area (Å²) in [6.45, 7) is 3.36. The molecule has 2 aromatic rings. The SMILES string of the molecule is CC1(C)O[C@H]2O[C@@H]([C@H]([13CH2]OC(=O)c3ccccc3)OS(C)(=O)=O)[C@H](OCc3ccccc3)[C@H]2O1. The highest BCUT2D eigenvalue weighted by Crippen LogP contribution is 2.40. The molecule has 0 saturated carbocycles. The maximum atomic E-state index is 12.5. The van der Waals surface area contributed by atoms with Gasteiger partial charge in [-0.2, -0.15) is 8.42 Å². The van der Waals surface area contributed by atoms with Gasteiger partial charge < -0.3 is 23.7 Å². The zero-order chi connectivity index (χ0) is 24.3. The maximum absolute atomic E-state index is 12.5. The van der Waals surface area contributed by atoms with Crippen molar-refractivity contribution in [2.45, 2.75) is 56.9 Å². The Labute approximate surface area is 199 Å². The van der Waals surface area contributed by atoms with Gasteiger partial charge in [0, 0.05) is 0 Å². The molecule has 2 aliphatic rings. The Morgan fingerprint density at radius 1 is 1.03 bits per heavy atom. The molecule has 10 heteroatoms. The van der Waals surface area contributed by atoms with Gasteiger partial charge in [-0.3, -0.25) is 4.18 Å². The molecule has 34 heavy (non-hydrogen) atoms. The zero-order valence-electron chi connectivity index (χ0n) is 19.2. The van der Waals surface area contributed by atoms with Crippen LogP contribution in [0, 0.1) is 0 Å². The van der Waals surface area contributed by atoms with E-state index in [0.717, 1.165) is 11.8 Å². The molecule has 0 bridgehead atoms. The van der Waals surface area contributed by atoms with Gasteiger partial charge in [0.2, 0.25) is 0 Å². The molecule has 0 spiro atoms. The molecule has 2 fully saturated rings. The second kappa shape index (κ2) is 10.1. The van der Waals surface area contributed by atoms with Crippen LogP contribution in [0.25, 0.3) is 0 Å². The zero-order valence-corrected chi connectivity index (χ0v) is 20.0. The van der Waals surface area contributed by atoms with Crippen molar-refractivity contribution >= 4 is 16.1 Å². The van der Waals surface area contributed by atoms with Crippen LogP contribution in [-0.4, -0.2) is 63.7 Å². The number of ether oxygens (including phenoxy) is 5. The molecular weight excluding hydrogens is 465 g/mol. The largest absolute Gasteiger partial charge is 0.459 e. The molecule has 184 valence electrons. The second-order valence-corrected chi connectivity index (χ2v) is 10.2.